The molecule has 5 nitrogen and oxygen atoms in total. The number of amides is 1. The van der Waals surface area contributed by atoms with Crippen molar-refractivity contribution in [2.75, 3.05) is 6.54 Å². The number of hydrogen-bond acceptors (Lipinski definition) is 3. The predicted octanol–water partition coefficient (Wildman–Crippen LogP) is 3.25. The third kappa shape index (κ3) is 4.01. The fraction of sp³-hybridized carbons (Fsp3) is 0.611. The van der Waals surface area contributed by atoms with Crippen molar-refractivity contribution in [1.29, 1.82) is 0 Å². The molecule has 1 atom stereocenters. The molecule has 0 radical (unpaired) electrons. The van der Waals surface area contributed by atoms with Crippen molar-refractivity contribution in [3.63, 3.8) is 0 Å². The van der Waals surface area contributed by atoms with Gasteiger partial charge >= 0.3 is 0 Å². The molecule has 3 rings (SSSR count). The van der Waals surface area contributed by atoms with Gasteiger partial charge in [0, 0.05) is 17.6 Å². The molecule has 2 aliphatic rings. The van der Waals surface area contributed by atoms with E-state index >= 15 is 0 Å². The van der Waals surface area contributed by atoms with Gasteiger partial charge in [-0.2, -0.15) is 4.31 Å². The van der Waals surface area contributed by atoms with Crippen molar-refractivity contribution in [3.8, 4) is 0 Å². The molecule has 138 valence electrons. The highest BCUT2D eigenvalue weighted by atomic mass is 35.5. The summed E-state index contributed by atoms with van der Waals surface area (Å²) >= 11 is 6.09. The molecule has 1 heterocycles. The first-order valence-corrected chi connectivity index (χ1v) is 10.8. The number of benzene rings is 1. The average Bonchev–Trinajstić information content (AvgIpc) is 3.09. The van der Waals surface area contributed by atoms with Gasteiger partial charge in [0.05, 0.1) is 4.90 Å². The molecule has 1 aliphatic heterocycles. The van der Waals surface area contributed by atoms with Crippen LogP contribution in [0.4, 0.5) is 0 Å². The molecule has 1 aromatic carbocycles. The monoisotopic (exact) mass is 384 g/mol. The minimum absolute atomic E-state index is 0.153. The Morgan fingerprint density at radius 3 is 2.56 bits per heavy atom. The lowest BCUT2D eigenvalue weighted by Crippen LogP contribution is -2.49. The number of halogens is 1. The van der Waals surface area contributed by atoms with Gasteiger partial charge in [-0.15, -0.1) is 0 Å². The van der Waals surface area contributed by atoms with Crippen LogP contribution in [0, 0.1) is 6.92 Å². The van der Waals surface area contributed by atoms with Crippen LogP contribution in [-0.4, -0.2) is 37.3 Å². The molecule has 1 aromatic rings. The number of nitrogens with one attached hydrogen (secondary N) is 1. The number of nitrogens with zero attached hydrogens (tertiary/aromatic N) is 1. The van der Waals surface area contributed by atoms with E-state index < -0.39 is 16.1 Å². The second-order valence-electron chi connectivity index (χ2n) is 7.03. The summed E-state index contributed by atoms with van der Waals surface area (Å²) in [6.45, 7) is 2.20. The van der Waals surface area contributed by atoms with Gasteiger partial charge in [-0.3, -0.25) is 4.79 Å². The lowest BCUT2D eigenvalue weighted by Gasteiger charge is -2.28. The van der Waals surface area contributed by atoms with Gasteiger partial charge in [0.2, 0.25) is 15.9 Å². The standard InChI is InChI=1S/C18H25ClN2O3S/c1-13-9-10-15(12-16(13)19)25(23,24)21-11-5-8-17(21)18(22)20-14-6-3-2-4-7-14/h9-10,12,14,17H,2-8,11H2,1H3,(H,20,22)/t17-/m0/s1. The number of rotatable bonds is 4. The Hall–Kier alpha value is -1.11. The second-order valence-corrected chi connectivity index (χ2v) is 9.33. The summed E-state index contributed by atoms with van der Waals surface area (Å²) < 4.78 is 27.3. The summed E-state index contributed by atoms with van der Waals surface area (Å²) in [4.78, 5) is 12.8. The number of aryl methyl sites for hydroxylation is 1. The van der Waals surface area contributed by atoms with Crippen LogP contribution in [0.5, 0.6) is 0 Å². The summed E-state index contributed by atoms with van der Waals surface area (Å²) in [5, 5.41) is 3.48. The minimum atomic E-state index is -3.72. The second kappa shape index (κ2) is 7.64. The Morgan fingerprint density at radius 1 is 1.16 bits per heavy atom. The summed E-state index contributed by atoms with van der Waals surface area (Å²) in [5.41, 5.74) is 0.827. The van der Waals surface area contributed by atoms with E-state index in [1.165, 1.54) is 16.8 Å². The molecule has 1 aliphatic carbocycles. The smallest absolute Gasteiger partial charge is 0.243 e. The summed E-state index contributed by atoms with van der Waals surface area (Å²) in [5.74, 6) is -0.161. The normalized spacial score (nSPS) is 22.9. The topological polar surface area (TPSA) is 66.5 Å². The zero-order valence-corrected chi connectivity index (χ0v) is 16.1. The fourth-order valence-corrected chi connectivity index (χ4v) is 5.63. The van der Waals surface area contributed by atoms with Gasteiger partial charge in [-0.05, 0) is 50.3 Å². The van der Waals surface area contributed by atoms with Crippen LogP contribution in [0.2, 0.25) is 5.02 Å². The lowest BCUT2D eigenvalue weighted by molar-refractivity contribution is -0.125. The maximum Gasteiger partial charge on any atom is 0.243 e. The van der Waals surface area contributed by atoms with Crippen LogP contribution >= 0.6 is 11.6 Å². The van der Waals surface area contributed by atoms with Gasteiger partial charge < -0.3 is 5.32 Å². The van der Waals surface area contributed by atoms with E-state index in [-0.39, 0.29) is 16.8 Å². The molecule has 1 amide bonds. The summed E-state index contributed by atoms with van der Waals surface area (Å²) in [6.07, 6.45) is 6.69. The van der Waals surface area contributed by atoms with Crippen molar-refractivity contribution in [3.05, 3.63) is 28.8 Å². The molecule has 1 saturated heterocycles. The third-order valence-electron chi connectivity index (χ3n) is 5.21. The molecule has 1 saturated carbocycles. The highest BCUT2D eigenvalue weighted by Crippen LogP contribution is 2.29. The number of carbonyl (C=O) groups excluding carboxylic acids is 1. The summed E-state index contributed by atoms with van der Waals surface area (Å²) in [7, 11) is -3.72. The zero-order chi connectivity index (χ0) is 18.0. The molecule has 0 bridgehead atoms. The highest BCUT2D eigenvalue weighted by Gasteiger charge is 2.40. The Kier molecular flexibility index (Phi) is 5.71. The largest absolute Gasteiger partial charge is 0.352 e. The first-order chi connectivity index (χ1) is 11.9. The van der Waals surface area contributed by atoms with E-state index in [0.717, 1.165) is 31.2 Å². The minimum Gasteiger partial charge on any atom is -0.352 e. The Labute approximate surface area is 154 Å². The third-order valence-corrected chi connectivity index (χ3v) is 7.52. The Balaban J connectivity index is 1.77. The average molecular weight is 385 g/mol. The number of sulfonamides is 1. The molecular weight excluding hydrogens is 360 g/mol. The van der Waals surface area contributed by atoms with E-state index in [2.05, 4.69) is 5.32 Å². The van der Waals surface area contributed by atoms with Crippen LogP contribution in [0.25, 0.3) is 0 Å². The van der Waals surface area contributed by atoms with E-state index in [1.807, 2.05) is 6.92 Å². The van der Waals surface area contributed by atoms with Crippen LogP contribution in [0.1, 0.15) is 50.5 Å². The molecule has 7 heteroatoms. The molecule has 2 fully saturated rings. The van der Waals surface area contributed by atoms with Crippen molar-refractivity contribution >= 4 is 27.5 Å². The van der Waals surface area contributed by atoms with Crippen LogP contribution in [0.15, 0.2) is 23.1 Å². The van der Waals surface area contributed by atoms with Crippen LogP contribution in [0.3, 0.4) is 0 Å². The van der Waals surface area contributed by atoms with E-state index in [0.29, 0.717) is 24.4 Å². The zero-order valence-electron chi connectivity index (χ0n) is 14.5. The molecule has 0 spiro atoms. The maximum atomic E-state index is 13.0. The SMILES string of the molecule is Cc1ccc(S(=O)(=O)N2CCC[C@H]2C(=O)NC2CCCCC2)cc1Cl. The molecular formula is C18H25ClN2O3S. The van der Waals surface area contributed by atoms with Crippen LogP contribution < -0.4 is 5.32 Å². The van der Waals surface area contributed by atoms with Gasteiger partial charge in [-0.1, -0.05) is 36.9 Å². The van der Waals surface area contributed by atoms with Gasteiger partial charge in [0.1, 0.15) is 6.04 Å². The Bertz CT molecular complexity index is 745. The van der Waals surface area contributed by atoms with Crippen molar-refractivity contribution < 1.29 is 13.2 Å². The van der Waals surface area contributed by atoms with E-state index in [1.54, 1.807) is 12.1 Å². The first-order valence-electron chi connectivity index (χ1n) is 8.98. The summed E-state index contributed by atoms with van der Waals surface area (Å²) in [6, 6.07) is 4.29. The quantitative estimate of drug-likeness (QED) is 0.866. The van der Waals surface area contributed by atoms with Gasteiger partial charge in [-0.25, -0.2) is 8.42 Å². The lowest BCUT2D eigenvalue weighted by atomic mass is 9.95. The van der Waals surface area contributed by atoms with Gasteiger partial charge in [0.15, 0.2) is 0 Å². The maximum absolute atomic E-state index is 13.0. The van der Waals surface area contributed by atoms with Gasteiger partial charge in [0.25, 0.3) is 0 Å². The van der Waals surface area contributed by atoms with E-state index in [9.17, 15) is 13.2 Å². The molecule has 1 N–H and O–H groups in total. The van der Waals surface area contributed by atoms with Crippen molar-refractivity contribution in [1.82, 2.24) is 9.62 Å². The Morgan fingerprint density at radius 2 is 1.88 bits per heavy atom. The molecule has 0 aromatic heterocycles. The van der Waals surface area contributed by atoms with Crippen molar-refractivity contribution in [2.24, 2.45) is 0 Å². The fourth-order valence-electron chi connectivity index (χ4n) is 3.70. The highest BCUT2D eigenvalue weighted by molar-refractivity contribution is 7.89. The van der Waals surface area contributed by atoms with Crippen LogP contribution in [-0.2, 0) is 14.8 Å². The predicted molar refractivity (Wildman–Crippen MR) is 98.1 cm³/mol. The van der Waals surface area contributed by atoms with Crippen molar-refractivity contribution in [2.45, 2.75) is 68.8 Å². The number of hydrogen-bond donors (Lipinski definition) is 1. The molecule has 0 unspecified atom stereocenters. The van der Waals surface area contributed by atoms with E-state index in [4.69, 9.17) is 11.6 Å². The first kappa shape index (κ1) is 18.7. The number of carbonyl (C=O) groups is 1. The molecule has 25 heavy (non-hydrogen) atoms.